The van der Waals surface area contributed by atoms with Crippen molar-refractivity contribution in [1.82, 2.24) is 4.90 Å². The van der Waals surface area contributed by atoms with Crippen LogP contribution in [0.3, 0.4) is 0 Å². The van der Waals surface area contributed by atoms with E-state index in [9.17, 15) is 4.79 Å². The zero-order valence-electron chi connectivity index (χ0n) is 14.8. The summed E-state index contributed by atoms with van der Waals surface area (Å²) in [5.74, 6) is 0.185. The Morgan fingerprint density at radius 1 is 1.04 bits per heavy atom. The van der Waals surface area contributed by atoms with E-state index < -0.39 is 0 Å². The van der Waals surface area contributed by atoms with Crippen LogP contribution in [0.15, 0.2) is 42.5 Å². The molecule has 2 aromatic carbocycles. The standard InChI is InChI=1S/C21H25N3O/c1-16-5-2-6-17(15-16)23-11-13-24(14-12-23)21(25)19-7-3-9-20-18(19)8-4-10-22-20/h2-3,5-7,9,15,22H,4,8,10-14H2,1H3. The Kier molecular flexibility index (Phi) is 4.35. The van der Waals surface area contributed by atoms with Gasteiger partial charge < -0.3 is 15.1 Å². The highest BCUT2D eigenvalue weighted by Crippen LogP contribution is 2.27. The molecule has 0 bridgehead atoms. The average Bonchev–Trinajstić information content (AvgIpc) is 2.67. The molecule has 1 fully saturated rings. The third-order valence-corrected chi connectivity index (χ3v) is 5.26. The number of fused-ring (bicyclic) bond motifs is 1. The highest BCUT2D eigenvalue weighted by molar-refractivity contribution is 5.97. The molecule has 1 N–H and O–H groups in total. The van der Waals surface area contributed by atoms with Gasteiger partial charge in [-0.25, -0.2) is 0 Å². The van der Waals surface area contributed by atoms with Gasteiger partial charge in [0.15, 0.2) is 0 Å². The predicted molar refractivity (Wildman–Crippen MR) is 103 cm³/mol. The van der Waals surface area contributed by atoms with Gasteiger partial charge in [-0.2, -0.15) is 0 Å². The molecule has 4 rings (SSSR count). The topological polar surface area (TPSA) is 35.6 Å². The minimum Gasteiger partial charge on any atom is -0.385 e. The molecule has 1 saturated heterocycles. The van der Waals surface area contributed by atoms with Gasteiger partial charge in [0.25, 0.3) is 5.91 Å². The van der Waals surface area contributed by atoms with Crippen LogP contribution in [0.2, 0.25) is 0 Å². The van der Waals surface area contributed by atoms with E-state index in [4.69, 9.17) is 0 Å². The molecule has 2 aliphatic rings. The molecule has 2 aromatic rings. The fourth-order valence-electron chi connectivity index (χ4n) is 3.87. The first kappa shape index (κ1) is 16.0. The summed E-state index contributed by atoms with van der Waals surface area (Å²) >= 11 is 0. The van der Waals surface area contributed by atoms with Crippen LogP contribution < -0.4 is 10.2 Å². The molecule has 0 aliphatic carbocycles. The van der Waals surface area contributed by atoms with Crippen LogP contribution >= 0.6 is 0 Å². The third-order valence-electron chi connectivity index (χ3n) is 5.26. The van der Waals surface area contributed by atoms with E-state index in [1.165, 1.54) is 16.8 Å². The minimum absolute atomic E-state index is 0.185. The summed E-state index contributed by atoms with van der Waals surface area (Å²) in [7, 11) is 0. The lowest BCUT2D eigenvalue weighted by molar-refractivity contribution is 0.0745. The number of piperazine rings is 1. The van der Waals surface area contributed by atoms with Gasteiger partial charge in [-0.05, 0) is 55.2 Å². The Balaban J connectivity index is 1.47. The number of anilines is 2. The normalized spacial score (nSPS) is 17.0. The molecule has 4 heteroatoms. The third kappa shape index (κ3) is 3.21. The van der Waals surface area contributed by atoms with Crippen molar-refractivity contribution < 1.29 is 4.79 Å². The average molecular weight is 335 g/mol. The van der Waals surface area contributed by atoms with Crippen molar-refractivity contribution in [3.8, 4) is 0 Å². The number of carbonyl (C=O) groups is 1. The first-order chi connectivity index (χ1) is 12.2. The van der Waals surface area contributed by atoms with Crippen molar-refractivity contribution in [3.63, 3.8) is 0 Å². The summed E-state index contributed by atoms with van der Waals surface area (Å²) in [6, 6.07) is 14.7. The van der Waals surface area contributed by atoms with E-state index in [-0.39, 0.29) is 5.91 Å². The molecule has 0 radical (unpaired) electrons. The zero-order chi connectivity index (χ0) is 17.2. The van der Waals surface area contributed by atoms with E-state index >= 15 is 0 Å². The van der Waals surface area contributed by atoms with Gasteiger partial charge >= 0.3 is 0 Å². The second-order valence-corrected chi connectivity index (χ2v) is 6.98. The zero-order valence-corrected chi connectivity index (χ0v) is 14.8. The van der Waals surface area contributed by atoms with Crippen molar-refractivity contribution in [3.05, 3.63) is 59.2 Å². The molecular weight excluding hydrogens is 310 g/mol. The molecule has 2 aliphatic heterocycles. The fraction of sp³-hybridized carbons (Fsp3) is 0.381. The number of nitrogens with zero attached hydrogens (tertiary/aromatic N) is 2. The van der Waals surface area contributed by atoms with Gasteiger partial charge in [-0.15, -0.1) is 0 Å². The SMILES string of the molecule is Cc1cccc(N2CCN(C(=O)c3cccc4c3CCCN4)CC2)c1. The lowest BCUT2D eigenvalue weighted by Crippen LogP contribution is -2.49. The lowest BCUT2D eigenvalue weighted by Gasteiger charge is -2.36. The van der Waals surface area contributed by atoms with Gasteiger partial charge in [0.1, 0.15) is 0 Å². The highest BCUT2D eigenvalue weighted by atomic mass is 16.2. The number of amides is 1. The Morgan fingerprint density at radius 3 is 2.64 bits per heavy atom. The Bertz CT molecular complexity index is 778. The van der Waals surface area contributed by atoms with E-state index in [0.717, 1.165) is 56.8 Å². The van der Waals surface area contributed by atoms with Crippen molar-refractivity contribution in [1.29, 1.82) is 0 Å². The molecule has 0 saturated carbocycles. The number of hydrogen-bond donors (Lipinski definition) is 1. The first-order valence-electron chi connectivity index (χ1n) is 9.19. The number of aryl methyl sites for hydroxylation is 1. The molecule has 2 heterocycles. The first-order valence-corrected chi connectivity index (χ1v) is 9.19. The van der Waals surface area contributed by atoms with E-state index in [0.29, 0.717) is 0 Å². The predicted octanol–water partition coefficient (Wildman–Crippen LogP) is 3.32. The Labute approximate surface area is 149 Å². The highest BCUT2D eigenvalue weighted by Gasteiger charge is 2.25. The molecule has 130 valence electrons. The summed E-state index contributed by atoms with van der Waals surface area (Å²) in [6.45, 7) is 6.47. The van der Waals surface area contributed by atoms with Gasteiger partial charge in [0, 0.05) is 49.7 Å². The summed E-state index contributed by atoms with van der Waals surface area (Å²) in [5.41, 5.74) is 5.75. The molecule has 0 aromatic heterocycles. The van der Waals surface area contributed by atoms with E-state index in [2.05, 4.69) is 47.5 Å². The van der Waals surface area contributed by atoms with Gasteiger partial charge in [0.05, 0.1) is 0 Å². The van der Waals surface area contributed by atoms with Crippen LogP contribution in [0.5, 0.6) is 0 Å². The Hall–Kier alpha value is -2.49. The van der Waals surface area contributed by atoms with Crippen LogP contribution in [-0.2, 0) is 6.42 Å². The maximum atomic E-state index is 13.0. The number of benzene rings is 2. The molecule has 0 unspecified atom stereocenters. The van der Waals surface area contributed by atoms with Crippen LogP contribution in [0.1, 0.15) is 27.9 Å². The summed E-state index contributed by atoms with van der Waals surface area (Å²) in [4.78, 5) is 17.4. The van der Waals surface area contributed by atoms with Crippen LogP contribution in [-0.4, -0.2) is 43.5 Å². The van der Waals surface area contributed by atoms with Crippen LogP contribution in [0, 0.1) is 6.92 Å². The van der Waals surface area contributed by atoms with Crippen LogP contribution in [0.25, 0.3) is 0 Å². The Morgan fingerprint density at radius 2 is 1.84 bits per heavy atom. The lowest BCUT2D eigenvalue weighted by atomic mass is 9.96. The molecule has 1 amide bonds. The maximum absolute atomic E-state index is 13.0. The van der Waals surface area contributed by atoms with Crippen molar-refractivity contribution in [2.75, 3.05) is 42.9 Å². The van der Waals surface area contributed by atoms with Gasteiger partial charge in [-0.1, -0.05) is 18.2 Å². The smallest absolute Gasteiger partial charge is 0.254 e. The monoisotopic (exact) mass is 335 g/mol. The van der Waals surface area contributed by atoms with Gasteiger partial charge in [-0.3, -0.25) is 4.79 Å². The second kappa shape index (κ2) is 6.79. The van der Waals surface area contributed by atoms with Crippen LogP contribution in [0.4, 0.5) is 11.4 Å². The molecule has 0 atom stereocenters. The number of hydrogen-bond acceptors (Lipinski definition) is 3. The van der Waals surface area contributed by atoms with E-state index in [1.807, 2.05) is 17.0 Å². The van der Waals surface area contributed by atoms with E-state index in [1.54, 1.807) is 0 Å². The molecule has 25 heavy (non-hydrogen) atoms. The largest absolute Gasteiger partial charge is 0.385 e. The number of nitrogens with one attached hydrogen (secondary N) is 1. The summed E-state index contributed by atoms with van der Waals surface area (Å²) in [6.07, 6.45) is 2.09. The summed E-state index contributed by atoms with van der Waals surface area (Å²) in [5, 5.41) is 3.42. The molecular formula is C21H25N3O. The van der Waals surface area contributed by atoms with Gasteiger partial charge in [0.2, 0.25) is 0 Å². The number of rotatable bonds is 2. The molecule has 0 spiro atoms. The maximum Gasteiger partial charge on any atom is 0.254 e. The molecule has 4 nitrogen and oxygen atoms in total. The minimum atomic E-state index is 0.185. The number of carbonyl (C=O) groups excluding carboxylic acids is 1. The quantitative estimate of drug-likeness (QED) is 0.914. The fourth-order valence-corrected chi connectivity index (χ4v) is 3.87. The van der Waals surface area contributed by atoms with Crippen molar-refractivity contribution >= 4 is 17.3 Å². The van der Waals surface area contributed by atoms with Crippen molar-refractivity contribution in [2.24, 2.45) is 0 Å². The second-order valence-electron chi connectivity index (χ2n) is 6.98. The van der Waals surface area contributed by atoms with Crippen molar-refractivity contribution in [2.45, 2.75) is 19.8 Å². The summed E-state index contributed by atoms with van der Waals surface area (Å²) < 4.78 is 0.